The molecular formula is C19H14F4N6O2. The molecule has 0 spiro atoms. The Kier molecular flexibility index (Phi) is 6.00. The first-order chi connectivity index (χ1) is 14.7. The Balaban J connectivity index is 1.84. The Hall–Kier alpha value is -4.22. The van der Waals surface area contributed by atoms with Gasteiger partial charge in [0, 0.05) is 24.2 Å². The van der Waals surface area contributed by atoms with Crippen LogP contribution in [0.1, 0.15) is 20.8 Å². The minimum absolute atomic E-state index is 0.00260. The molecule has 0 saturated carbocycles. The Morgan fingerprint density at radius 2 is 1.68 bits per heavy atom. The van der Waals surface area contributed by atoms with Crippen LogP contribution >= 0.6 is 0 Å². The molecule has 3 aromatic rings. The normalized spacial score (nSPS) is 10.5. The van der Waals surface area contributed by atoms with Crippen LogP contribution < -0.4 is 21.9 Å². The first-order valence-corrected chi connectivity index (χ1v) is 8.57. The summed E-state index contributed by atoms with van der Waals surface area (Å²) in [4.78, 5) is 32.2. The van der Waals surface area contributed by atoms with Gasteiger partial charge in [-0.1, -0.05) is 12.1 Å². The Morgan fingerprint density at radius 1 is 1.00 bits per heavy atom. The van der Waals surface area contributed by atoms with Gasteiger partial charge in [0.1, 0.15) is 5.69 Å². The SMILES string of the molecule is CNC(=O)c1nc(-c2cccc(C(=O)NNc3c(F)c(F)cc(F)c3F)c2)cnc1N. The van der Waals surface area contributed by atoms with Gasteiger partial charge in [-0.3, -0.25) is 20.4 Å². The maximum absolute atomic E-state index is 13.7. The lowest BCUT2D eigenvalue weighted by Gasteiger charge is -2.12. The van der Waals surface area contributed by atoms with Crippen LogP contribution in [0, 0.1) is 23.3 Å². The highest BCUT2D eigenvalue weighted by Gasteiger charge is 2.20. The number of hydrogen-bond donors (Lipinski definition) is 4. The van der Waals surface area contributed by atoms with Crippen LogP contribution in [0.5, 0.6) is 0 Å². The quantitative estimate of drug-likeness (QED) is 0.278. The van der Waals surface area contributed by atoms with Crippen molar-refractivity contribution in [3.05, 3.63) is 71.1 Å². The zero-order chi connectivity index (χ0) is 22.7. The summed E-state index contributed by atoms with van der Waals surface area (Å²) in [5, 5.41) is 2.37. The maximum atomic E-state index is 13.7. The van der Waals surface area contributed by atoms with Crippen molar-refractivity contribution in [3.8, 4) is 11.3 Å². The largest absolute Gasteiger partial charge is 0.382 e. The van der Waals surface area contributed by atoms with E-state index in [1.165, 1.54) is 31.4 Å². The summed E-state index contributed by atoms with van der Waals surface area (Å²) in [6, 6.07) is 5.81. The number of benzene rings is 2. The number of rotatable bonds is 5. The number of carbonyl (C=O) groups is 2. The average Bonchev–Trinajstić information content (AvgIpc) is 2.77. The number of anilines is 2. The summed E-state index contributed by atoms with van der Waals surface area (Å²) in [5.41, 5.74) is 8.72. The van der Waals surface area contributed by atoms with Crippen molar-refractivity contribution in [1.29, 1.82) is 0 Å². The van der Waals surface area contributed by atoms with E-state index in [9.17, 15) is 27.2 Å². The molecule has 0 bridgehead atoms. The van der Waals surface area contributed by atoms with Crippen molar-refractivity contribution in [3.63, 3.8) is 0 Å². The molecule has 5 N–H and O–H groups in total. The number of aromatic nitrogens is 2. The number of nitrogen functional groups attached to an aromatic ring is 1. The number of carbonyl (C=O) groups excluding carboxylic acids is 2. The first-order valence-electron chi connectivity index (χ1n) is 8.57. The molecule has 1 aromatic heterocycles. The summed E-state index contributed by atoms with van der Waals surface area (Å²) in [6.07, 6.45) is 1.29. The fourth-order valence-corrected chi connectivity index (χ4v) is 2.52. The summed E-state index contributed by atoms with van der Waals surface area (Å²) in [6.45, 7) is 0. The van der Waals surface area contributed by atoms with Crippen molar-refractivity contribution in [2.75, 3.05) is 18.2 Å². The van der Waals surface area contributed by atoms with E-state index in [1.54, 1.807) is 6.07 Å². The molecule has 3 rings (SSSR count). The second kappa shape index (κ2) is 8.65. The van der Waals surface area contributed by atoms with Crippen molar-refractivity contribution >= 4 is 23.3 Å². The van der Waals surface area contributed by atoms with Crippen LogP contribution in [0.15, 0.2) is 36.5 Å². The Labute approximate surface area is 172 Å². The molecule has 0 aliphatic carbocycles. The van der Waals surface area contributed by atoms with Crippen LogP contribution in [0.2, 0.25) is 0 Å². The zero-order valence-corrected chi connectivity index (χ0v) is 15.8. The van der Waals surface area contributed by atoms with Crippen LogP contribution in [-0.4, -0.2) is 28.8 Å². The lowest BCUT2D eigenvalue weighted by Crippen LogP contribution is -2.30. The van der Waals surface area contributed by atoms with Crippen molar-refractivity contribution in [2.24, 2.45) is 0 Å². The van der Waals surface area contributed by atoms with E-state index >= 15 is 0 Å². The number of halogens is 4. The van der Waals surface area contributed by atoms with Gasteiger partial charge in [-0.15, -0.1) is 0 Å². The summed E-state index contributed by atoms with van der Waals surface area (Å²) < 4.78 is 53.9. The van der Waals surface area contributed by atoms with Gasteiger partial charge in [-0.25, -0.2) is 27.5 Å². The summed E-state index contributed by atoms with van der Waals surface area (Å²) in [7, 11) is 1.39. The van der Waals surface area contributed by atoms with E-state index in [4.69, 9.17) is 5.73 Å². The number of amides is 2. The highest BCUT2D eigenvalue weighted by molar-refractivity contribution is 5.97. The smallest absolute Gasteiger partial charge is 0.273 e. The predicted molar refractivity (Wildman–Crippen MR) is 103 cm³/mol. The molecule has 1 heterocycles. The maximum Gasteiger partial charge on any atom is 0.273 e. The van der Waals surface area contributed by atoms with Gasteiger partial charge in [0.05, 0.1) is 11.9 Å². The molecule has 0 fully saturated rings. The average molecular weight is 434 g/mol. The van der Waals surface area contributed by atoms with Crippen molar-refractivity contribution in [1.82, 2.24) is 20.7 Å². The predicted octanol–water partition coefficient (Wildman–Crippen LogP) is 2.40. The summed E-state index contributed by atoms with van der Waals surface area (Å²) in [5.74, 6) is -8.19. The van der Waals surface area contributed by atoms with Gasteiger partial charge < -0.3 is 11.1 Å². The van der Waals surface area contributed by atoms with Gasteiger partial charge >= 0.3 is 0 Å². The van der Waals surface area contributed by atoms with E-state index in [2.05, 4.69) is 15.3 Å². The molecule has 0 radical (unpaired) electrons. The van der Waals surface area contributed by atoms with Gasteiger partial charge in [0.15, 0.2) is 34.8 Å². The third kappa shape index (κ3) is 4.37. The van der Waals surface area contributed by atoms with Crippen molar-refractivity contribution < 1.29 is 27.2 Å². The third-order valence-corrected chi connectivity index (χ3v) is 4.08. The molecule has 0 atom stereocenters. The van der Waals surface area contributed by atoms with E-state index in [-0.39, 0.29) is 28.8 Å². The van der Waals surface area contributed by atoms with Crippen LogP contribution in [-0.2, 0) is 0 Å². The number of nitrogens with one attached hydrogen (secondary N) is 3. The minimum Gasteiger partial charge on any atom is -0.382 e. The molecule has 12 heteroatoms. The fraction of sp³-hybridized carbons (Fsp3) is 0.0526. The highest BCUT2D eigenvalue weighted by Crippen LogP contribution is 2.24. The lowest BCUT2D eigenvalue weighted by atomic mass is 10.1. The molecule has 2 aromatic carbocycles. The Bertz CT molecular complexity index is 1160. The van der Waals surface area contributed by atoms with Crippen LogP contribution in [0.4, 0.5) is 29.1 Å². The molecule has 31 heavy (non-hydrogen) atoms. The molecule has 2 amide bonds. The molecule has 0 aliphatic rings. The second-order valence-corrected chi connectivity index (χ2v) is 6.07. The monoisotopic (exact) mass is 434 g/mol. The van der Waals surface area contributed by atoms with Gasteiger partial charge in [-0.2, -0.15) is 0 Å². The summed E-state index contributed by atoms with van der Waals surface area (Å²) >= 11 is 0. The number of hydrazine groups is 1. The number of nitrogens with two attached hydrogens (primary N) is 1. The topological polar surface area (TPSA) is 122 Å². The van der Waals surface area contributed by atoms with E-state index < -0.39 is 40.8 Å². The molecule has 0 unspecified atom stereocenters. The number of hydrogen-bond acceptors (Lipinski definition) is 6. The van der Waals surface area contributed by atoms with Crippen LogP contribution in [0.25, 0.3) is 11.3 Å². The third-order valence-electron chi connectivity index (χ3n) is 4.08. The fourth-order valence-electron chi connectivity index (χ4n) is 2.52. The van der Waals surface area contributed by atoms with E-state index in [1.807, 2.05) is 10.9 Å². The molecule has 0 saturated heterocycles. The van der Waals surface area contributed by atoms with E-state index in [0.717, 1.165) is 0 Å². The standard InChI is InChI=1S/C19H14F4N6O2/c1-25-19(31)16-17(24)26-7-12(27-16)8-3-2-4-9(5-8)18(30)29-28-15-13(22)10(20)6-11(21)14(15)23/h2-7,28H,1H3,(H2,24,26)(H,25,31)(H,29,30). The van der Waals surface area contributed by atoms with Crippen LogP contribution in [0.3, 0.4) is 0 Å². The second-order valence-electron chi connectivity index (χ2n) is 6.07. The molecule has 0 aliphatic heterocycles. The lowest BCUT2D eigenvalue weighted by molar-refractivity contribution is 0.0952. The molecular weight excluding hydrogens is 420 g/mol. The Morgan fingerprint density at radius 3 is 2.32 bits per heavy atom. The van der Waals surface area contributed by atoms with Gasteiger partial charge in [0.25, 0.3) is 11.8 Å². The molecule has 8 nitrogen and oxygen atoms in total. The van der Waals surface area contributed by atoms with Gasteiger partial charge in [-0.05, 0) is 12.1 Å². The zero-order valence-electron chi connectivity index (χ0n) is 15.8. The molecule has 160 valence electrons. The van der Waals surface area contributed by atoms with E-state index in [0.29, 0.717) is 5.56 Å². The number of nitrogens with zero attached hydrogens (tertiary/aromatic N) is 2. The minimum atomic E-state index is -1.70. The first kappa shape index (κ1) is 21.5. The highest BCUT2D eigenvalue weighted by atomic mass is 19.2. The van der Waals surface area contributed by atoms with Gasteiger partial charge in [0.2, 0.25) is 0 Å². The van der Waals surface area contributed by atoms with Crippen molar-refractivity contribution in [2.45, 2.75) is 0 Å².